The molecule has 1 aromatic carbocycles. The van der Waals surface area contributed by atoms with Crippen LogP contribution in [0.4, 0.5) is 11.5 Å². The lowest BCUT2D eigenvalue weighted by Crippen LogP contribution is -2.12. The first-order valence-corrected chi connectivity index (χ1v) is 7.43. The minimum Gasteiger partial charge on any atom is -0.490 e. The van der Waals surface area contributed by atoms with Gasteiger partial charge in [0.25, 0.3) is 5.69 Å². The van der Waals surface area contributed by atoms with E-state index in [0.717, 1.165) is 0 Å². The summed E-state index contributed by atoms with van der Waals surface area (Å²) in [5.41, 5.74) is 0.765. The van der Waals surface area contributed by atoms with Gasteiger partial charge in [-0.1, -0.05) is 0 Å². The summed E-state index contributed by atoms with van der Waals surface area (Å²) in [5, 5.41) is 23.7. The lowest BCUT2D eigenvalue weighted by molar-refractivity contribution is -0.384. The predicted molar refractivity (Wildman–Crippen MR) is 91.3 cm³/mol. The Morgan fingerprint density at radius 3 is 2.92 bits per heavy atom. The maximum atomic E-state index is 10.9. The first-order valence-electron chi connectivity index (χ1n) is 7.43. The Kier molecular flexibility index (Phi) is 4.67. The van der Waals surface area contributed by atoms with Crippen LogP contribution in [0.1, 0.15) is 5.56 Å². The van der Waals surface area contributed by atoms with Crippen LogP contribution in [0, 0.1) is 21.4 Å². The number of hydrogen-bond acceptors (Lipinski definition) is 7. The summed E-state index contributed by atoms with van der Waals surface area (Å²) in [4.78, 5) is 18.7. The molecule has 0 aliphatic carbocycles. The summed E-state index contributed by atoms with van der Waals surface area (Å²) in [5.74, 6) is 1.17. The van der Waals surface area contributed by atoms with E-state index in [4.69, 9.17) is 4.74 Å². The number of nitrogens with zero attached hydrogens (tertiary/aromatic N) is 4. The Bertz CT molecular complexity index is 954. The maximum Gasteiger partial charge on any atom is 0.270 e. The molecular weight excluding hydrogens is 322 g/mol. The fourth-order valence-corrected chi connectivity index (χ4v) is 2.29. The molecule has 0 spiro atoms. The van der Waals surface area contributed by atoms with Crippen LogP contribution in [0.25, 0.3) is 10.9 Å². The van der Waals surface area contributed by atoms with Crippen molar-refractivity contribution in [2.24, 2.45) is 0 Å². The molecule has 2 aromatic heterocycles. The molecule has 8 nitrogen and oxygen atoms in total. The topological polar surface area (TPSA) is 114 Å². The van der Waals surface area contributed by atoms with Crippen LogP contribution >= 0.6 is 0 Å². The number of anilines is 1. The van der Waals surface area contributed by atoms with Gasteiger partial charge in [-0.3, -0.25) is 15.1 Å². The van der Waals surface area contributed by atoms with E-state index >= 15 is 0 Å². The maximum absolute atomic E-state index is 10.9. The highest BCUT2D eigenvalue weighted by atomic mass is 16.6. The summed E-state index contributed by atoms with van der Waals surface area (Å²) >= 11 is 0. The van der Waals surface area contributed by atoms with Gasteiger partial charge >= 0.3 is 0 Å². The van der Waals surface area contributed by atoms with Crippen LogP contribution in [0.3, 0.4) is 0 Å². The normalized spacial score (nSPS) is 10.2. The fourth-order valence-electron chi connectivity index (χ4n) is 2.29. The molecule has 0 aliphatic rings. The number of nitrogens with one attached hydrogen (secondary N) is 1. The van der Waals surface area contributed by atoms with Crippen LogP contribution in [0.2, 0.25) is 0 Å². The zero-order chi connectivity index (χ0) is 17.6. The smallest absolute Gasteiger partial charge is 0.270 e. The third-order valence-corrected chi connectivity index (χ3v) is 3.43. The van der Waals surface area contributed by atoms with Crippen molar-refractivity contribution in [3.8, 4) is 11.8 Å². The van der Waals surface area contributed by atoms with Crippen molar-refractivity contribution in [2.45, 2.75) is 0 Å². The monoisotopic (exact) mass is 335 g/mol. The highest BCUT2D eigenvalue weighted by Crippen LogP contribution is 2.24. The Labute approximate surface area is 142 Å². The van der Waals surface area contributed by atoms with E-state index < -0.39 is 4.92 Å². The van der Waals surface area contributed by atoms with E-state index in [2.05, 4.69) is 21.4 Å². The summed E-state index contributed by atoms with van der Waals surface area (Å²) in [6.07, 6.45) is 3.28. The Hall–Kier alpha value is -3.73. The van der Waals surface area contributed by atoms with Crippen molar-refractivity contribution >= 4 is 22.4 Å². The van der Waals surface area contributed by atoms with Gasteiger partial charge in [-0.05, 0) is 24.3 Å². The molecule has 124 valence electrons. The number of ether oxygens (including phenoxy) is 1. The number of nitro benzene ring substituents is 1. The van der Waals surface area contributed by atoms with Gasteiger partial charge in [0.05, 0.1) is 34.8 Å². The second-order valence-electron chi connectivity index (χ2n) is 5.09. The van der Waals surface area contributed by atoms with Crippen LogP contribution in [0.15, 0.2) is 48.8 Å². The van der Waals surface area contributed by atoms with Gasteiger partial charge in [-0.15, -0.1) is 0 Å². The molecule has 3 aromatic rings. The molecule has 0 aliphatic heterocycles. The summed E-state index contributed by atoms with van der Waals surface area (Å²) in [6, 6.07) is 11.5. The number of nitriles is 1. The molecule has 0 unspecified atom stereocenters. The van der Waals surface area contributed by atoms with Crippen molar-refractivity contribution in [1.29, 1.82) is 5.26 Å². The Balaban J connectivity index is 1.73. The van der Waals surface area contributed by atoms with Gasteiger partial charge in [0.1, 0.15) is 18.2 Å². The lowest BCUT2D eigenvalue weighted by Gasteiger charge is -2.09. The van der Waals surface area contributed by atoms with E-state index in [9.17, 15) is 15.4 Å². The molecular formula is C17H13N5O3. The minimum absolute atomic E-state index is 0.0728. The van der Waals surface area contributed by atoms with Crippen LogP contribution < -0.4 is 10.1 Å². The van der Waals surface area contributed by atoms with Crippen molar-refractivity contribution in [1.82, 2.24) is 9.97 Å². The molecule has 25 heavy (non-hydrogen) atoms. The van der Waals surface area contributed by atoms with Crippen molar-refractivity contribution in [2.75, 3.05) is 18.5 Å². The summed E-state index contributed by atoms with van der Waals surface area (Å²) < 4.78 is 5.52. The molecule has 0 saturated carbocycles. The van der Waals surface area contributed by atoms with E-state index in [1.165, 1.54) is 18.2 Å². The highest BCUT2D eigenvalue weighted by molar-refractivity contribution is 5.88. The quantitative estimate of drug-likeness (QED) is 0.418. The fraction of sp³-hybridized carbons (Fsp3) is 0.118. The first-order chi connectivity index (χ1) is 12.2. The van der Waals surface area contributed by atoms with Gasteiger partial charge in [0, 0.05) is 23.7 Å². The van der Waals surface area contributed by atoms with Gasteiger partial charge in [0.2, 0.25) is 0 Å². The molecule has 0 amide bonds. The highest BCUT2D eigenvalue weighted by Gasteiger charge is 2.11. The SMILES string of the molecule is N#Cc1cc(NCCOc2cccnc2)nc2ccc([N+](=O)[O-])cc12. The lowest BCUT2D eigenvalue weighted by atomic mass is 10.1. The minimum atomic E-state index is -0.497. The number of rotatable bonds is 6. The molecule has 0 bridgehead atoms. The van der Waals surface area contributed by atoms with Crippen molar-refractivity contribution in [3.05, 3.63) is 64.5 Å². The molecule has 0 atom stereocenters. The van der Waals surface area contributed by atoms with E-state index in [1.54, 1.807) is 24.5 Å². The van der Waals surface area contributed by atoms with Gasteiger partial charge in [-0.2, -0.15) is 5.26 Å². The van der Waals surface area contributed by atoms with Crippen molar-refractivity contribution in [3.63, 3.8) is 0 Å². The van der Waals surface area contributed by atoms with E-state index in [0.29, 0.717) is 41.2 Å². The summed E-state index contributed by atoms with van der Waals surface area (Å²) in [7, 11) is 0. The number of fused-ring (bicyclic) bond motifs is 1. The first kappa shape index (κ1) is 16.1. The molecule has 3 rings (SSSR count). The third kappa shape index (κ3) is 3.79. The van der Waals surface area contributed by atoms with Crippen molar-refractivity contribution < 1.29 is 9.66 Å². The van der Waals surface area contributed by atoms with Gasteiger partial charge < -0.3 is 10.1 Å². The van der Waals surface area contributed by atoms with Crippen LogP contribution in [0.5, 0.6) is 5.75 Å². The molecule has 2 heterocycles. The number of benzene rings is 1. The number of non-ortho nitro benzene ring substituents is 1. The standard InChI is InChI=1S/C17H13N5O3/c18-10-12-8-17(20-6-7-25-14-2-1-5-19-11-14)21-16-4-3-13(22(23)24)9-15(12)16/h1-5,8-9,11H,6-7H2,(H,20,21). The molecule has 0 fully saturated rings. The Morgan fingerprint density at radius 1 is 1.32 bits per heavy atom. The van der Waals surface area contributed by atoms with Gasteiger partial charge in [-0.25, -0.2) is 4.98 Å². The average Bonchev–Trinajstić information content (AvgIpc) is 2.65. The number of nitro groups is 1. The second-order valence-corrected chi connectivity index (χ2v) is 5.09. The van der Waals surface area contributed by atoms with Crippen LogP contribution in [-0.2, 0) is 0 Å². The van der Waals surface area contributed by atoms with E-state index in [-0.39, 0.29) is 5.69 Å². The molecule has 0 radical (unpaired) electrons. The molecule has 8 heteroatoms. The third-order valence-electron chi connectivity index (χ3n) is 3.43. The van der Waals surface area contributed by atoms with E-state index in [1.807, 2.05) is 6.07 Å². The number of hydrogen-bond donors (Lipinski definition) is 1. The second kappa shape index (κ2) is 7.23. The molecule has 0 saturated heterocycles. The number of aromatic nitrogens is 2. The zero-order valence-electron chi connectivity index (χ0n) is 13.0. The van der Waals surface area contributed by atoms with Gasteiger partial charge in [0.15, 0.2) is 0 Å². The zero-order valence-corrected chi connectivity index (χ0v) is 13.0. The predicted octanol–water partition coefficient (Wildman–Crippen LogP) is 2.90. The molecule has 1 N–H and O–H groups in total. The van der Waals surface area contributed by atoms with Crippen LogP contribution in [-0.4, -0.2) is 28.0 Å². The summed E-state index contributed by atoms with van der Waals surface area (Å²) in [6.45, 7) is 0.874. The average molecular weight is 335 g/mol. The largest absolute Gasteiger partial charge is 0.490 e. The number of pyridine rings is 2. The Morgan fingerprint density at radius 2 is 2.20 bits per heavy atom.